The van der Waals surface area contributed by atoms with Gasteiger partial charge >= 0.3 is 0 Å². The average molecular weight is 226 g/mol. The molecule has 0 spiro atoms. The molecule has 0 radical (unpaired) electrons. The molecule has 2 rings (SSSR count). The molecule has 0 saturated heterocycles. The first-order valence-electron chi connectivity index (χ1n) is 4.92. The maximum atomic E-state index is 12.0. The third kappa shape index (κ3) is 2.21. The molecule has 0 saturated carbocycles. The smallest absolute Gasteiger partial charge is 0.202 e. The van der Waals surface area contributed by atoms with E-state index in [1.54, 1.807) is 6.92 Å². The highest BCUT2D eigenvalue weighted by Crippen LogP contribution is 2.15. The van der Waals surface area contributed by atoms with Gasteiger partial charge in [-0.3, -0.25) is 4.79 Å². The molecule has 0 fully saturated rings. The van der Waals surface area contributed by atoms with Crippen LogP contribution >= 0.6 is 11.3 Å². The van der Waals surface area contributed by atoms with Crippen LogP contribution in [-0.2, 0) is 0 Å². The number of carbonyl (C=O) groups excluding carboxylic acids is 1. The van der Waals surface area contributed by atoms with Crippen LogP contribution in [0.25, 0.3) is 0 Å². The van der Waals surface area contributed by atoms with E-state index in [9.17, 15) is 4.79 Å². The second kappa shape index (κ2) is 4.78. The Bertz CT molecular complexity index is 539. The Hall–Kier alpha value is -1.85. The molecular weight excluding hydrogens is 216 g/mol. The van der Waals surface area contributed by atoms with Gasteiger partial charge in [0, 0.05) is 11.1 Å². The van der Waals surface area contributed by atoms with Crippen molar-refractivity contribution in [3.8, 4) is 11.8 Å². The fraction of sp³-hybridized carbons (Fsp3) is 0.0714. The maximum absolute atomic E-state index is 12.0. The third-order valence-corrected chi connectivity index (χ3v) is 3.03. The SMILES string of the molecule is CC#Cc1ccc(C(=O)c2cccs2)cc1. The summed E-state index contributed by atoms with van der Waals surface area (Å²) in [6.07, 6.45) is 0. The molecule has 1 aromatic carbocycles. The predicted octanol–water partition coefficient (Wildman–Crippen LogP) is 3.35. The topological polar surface area (TPSA) is 17.1 Å². The van der Waals surface area contributed by atoms with E-state index in [1.165, 1.54) is 11.3 Å². The minimum Gasteiger partial charge on any atom is -0.288 e. The Kier molecular flexibility index (Phi) is 3.19. The van der Waals surface area contributed by atoms with Crippen molar-refractivity contribution in [1.82, 2.24) is 0 Å². The molecule has 1 nitrogen and oxygen atoms in total. The summed E-state index contributed by atoms with van der Waals surface area (Å²) < 4.78 is 0. The molecule has 0 aliphatic rings. The molecule has 16 heavy (non-hydrogen) atoms. The predicted molar refractivity (Wildman–Crippen MR) is 66.7 cm³/mol. The van der Waals surface area contributed by atoms with E-state index in [1.807, 2.05) is 41.8 Å². The second-order valence-corrected chi connectivity index (χ2v) is 4.21. The summed E-state index contributed by atoms with van der Waals surface area (Å²) in [4.78, 5) is 12.7. The van der Waals surface area contributed by atoms with Crippen LogP contribution in [0.3, 0.4) is 0 Å². The number of carbonyl (C=O) groups is 1. The first-order valence-corrected chi connectivity index (χ1v) is 5.80. The Morgan fingerprint density at radius 2 is 1.94 bits per heavy atom. The van der Waals surface area contributed by atoms with Crippen LogP contribution in [0.4, 0.5) is 0 Å². The van der Waals surface area contributed by atoms with Crippen molar-refractivity contribution in [3.05, 3.63) is 57.8 Å². The summed E-state index contributed by atoms with van der Waals surface area (Å²) in [7, 11) is 0. The highest BCUT2D eigenvalue weighted by atomic mass is 32.1. The molecule has 78 valence electrons. The van der Waals surface area contributed by atoms with Crippen LogP contribution in [0.1, 0.15) is 27.7 Å². The lowest BCUT2D eigenvalue weighted by atomic mass is 10.1. The Morgan fingerprint density at radius 3 is 2.50 bits per heavy atom. The van der Waals surface area contributed by atoms with Crippen molar-refractivity contribution in [3.63, 3.8) is 0 Å². The van der Waals surface area contributed by atoms with Crippen molar-refractivity contribution >= 4 is 17.1 Å². The van der Waals surface area contributed by atoms with Crippen molar-refractivity contribution in [2.24, 2.45) is 0 Å². The molecule has 1 aromatic heterocycles. The van der Waals surface area contributed by atoms with E-state index in [0.29, 0.717) is 5.56 Å². The third-order valence-electron chi connectivity index (χ3n) is 2.16. The molecule has 0 bridgehead atoms. The van der Waals surface area contributed by atoms with E-state index < -0.39 is 0 Å². The Morgan fingerprint density at radius 1 is 1.19 bits per heavy atom. The van der Waals surface area contributed by atoms with Crippen LogP contribution < -0.4 is 0 Å². The van der Waals surface area contributed by atoms with E-state index in [0.717, 1.165) is 10.4 Å². The molecule has 0 aliphatic heterocycles. The van der Waals surface area contributed by atoms with Gasteiger partial charge in [0.25, 0.3) is 0 Å². The standard InChI is InChI=1S/C14H10OS/c1-2-4-11-6-8-12(9-7-11)14(15)13-5-3-10-16-13/h3,5-10H,1H3. The van der Waals surface area contributed by atoms with Crippen LogP contribution in [0.15, 0.2) is 41.8 Å². The number of rotatable bonds is 2. The lowest BCUT2D eigenvalue weighted by molar-refractivity contribution is 0.104. The maximum Gasteiger partial charge on any atom is 0.202 e. The minimum atomic E-state index is 0.0750. The van der Waals surface area contributed by atoms with Gasteiger partial charge in [-0.1, -0.05) is 12.0 Å². The molecule has 0 atom stereocenters. The van der Waals surface area contributed by atoms with Crippen LogP contribution in [0, 0.1) is 11.8 Å². The number of hydrogen-bond donors (Lipinski definition) is 0. The molecular formula is C14H10OS. The normalized spacial score (nSPS) is 9.31. The Labute approximate surface area is 98.7 Å². The molecule has 0 aliphatic carbocycles. The number of benzene rings is 1. The summed E-state index contributed by atoms with van der Waals surface area (Å²) in [6, 6.07) is 11.1. The van der Waals surface area contributed by atoms with Gasteiger partial charge in [0.15, 0.2) is 0 Å². The molecule has 2 heteroatoms. The molecule has 0 unspecified atom stereocenters. The Balaban J connectivity index is 2.28. The number of thiophene rings is 1. The highest BCUT2D eigenvalue weighted by Gasteiger charge is 2.08. The van der Waals surface area contributed by atoms with Gasteiger partial charge < -0.3 is 0 Å². The van der Waals surface area contributed by atoms with Crippen LogP contribution in [0.5, 0.6) is 0 Å². The van der Waals surface area contributed by atoms with Crippen molar-refractivity contribution in [1.29, 1.82) is 0 Å². The summed E-state index contributed by atoms with van der Waals surface area (Å²) >= 11 is 1.46. The first kappa shape index (κ1) is 10.7. The van der Waals surface area contributed by atoms with Crippen molar-refractivity contribution in [2.75, 3.05) is 0 Å². The van der Waals surface area contributed by atoms with E-state index >= 15 is 0 Å². The van der Waals surface area contributed by atoms with E-state index in [4.69, 9.17) is 0 Å². The first-order chi connectivity index (χ1) is 7.81. The minimum absolute atomic E-state index is 0.0750. The van der Waals surface area contributed by atoms with E-state index in [2.05, 4.69) is 11.8 Å². The quantitative estimate of drug-likeness (QED) is 0.567. The van der Waals surface area contributed by atoms with Gasteiger partial charge in [-0.2, -0.15) is 0 Å². The largest absolute Gasteiger partial charge is 0.288 e. The molecule has 0 N–H and O–H groups in total. The lowest BCUT2D eigenvalue weighted by Crippen LogP contribution is -1.97. The fourth-order valence-electron chi connectivity index (χ4n) is 1.40. The summed E-state index contributed by atoms with van der Waals surface area (Å²) in [6.45, 7) is 1.80. The van der Waals surface area contributed by atoms with E-state index in [-0.39, 0.29) is 5.78 Å². The van der Waals surface area contributed by atoms with Crippen LogP contribution in [-0.4, -0.2) is 5.78 Å². The monoisotopic (exact) mass is 226 g/mol. The fourth-order valence-corrected chi connectivity index (χ4v) is 2.09. The average Bonchev–Trinajstić information content (AvgIpc) is 2.83. The molecule has 0 amide bonds. The zero-order chi connectivity index (χ0) is 11.4. The van der Waals surface area contributed by atoms with Gasteiger partial charge in [-0.05, 0) is 42.6 Å². The van der Waals surface area contributed by atoms with Gasteiger partial charge in [-0.25, -0.2) is 0 Å². The zero-order valence-electron chi connectivity index (χ0n) is 8.86. The summed E-state index contributed by atoms with van der Waals surface area (Å²) in [5.74, 6) is 5.85. The molecule has 2 aromatic rings. The number of ketones is 1. The van der Waals surface area contributed by atoms with Crippen LogP contribution in [0.2, 0.25) is 0 Å². The van der Waals surface area contributed by atoms with Gasteiger partial charge in [0.05, 0.1) is 4.88 Å². The second-order valence-electron chi connectivity index (χ2n) is 3.26. The summed E-state index contributed by atoms with van der Waals surface area (Å²) in [5.41, 5.74) is 1.65. The van der Waals surface area contributed by atoms with Crippen molar-refractivity contribution in [2.45, 2.75) is 6.92 Å². The number of hydrogen-bond acceptors (Lipinski definition) is 2. The van der Waals surface area contributed by atoms with Gasteiger partial charge in [0.1, 0.15) is 0 Å². The summed E-state index contributed by atoms with van der Waals surface area (Å²) in [5, 5.41) is 1.91. The highest BCUT2D eigenvalue weighted by molar-refractivity contribution is 7.12. The molecule has 1 heterocycles. The van der Waals surface area contributed by atoms with Crippen molar-refractivity contribution < 1.29 is 4.79 Å². The van der Waals surface area contributed by atoms with Gasteiger partial charge in [0.2, 0.25) is 5.78 Å². The zero-order valence-corrected chi connectivity index (χ0v) is 9.67. The lowest BCUT2D eigenvalue weighted by Gasteiger charge is -1.98. The van der Waals surface area contributed by atoms with Gasteiger partial charge in [-0.15, -0.1) is 17.3 Å².